The number of hydrogen-bond donors (Lipinski definition) is 2. The summed E-state index contributed by atoms with van der Waals surface area (Å²) in [6.07, 6.45) is 0.183. The zero-order valence-electron chi connectivity index (χ0n) is 10.7. The highest BCUT2D eigenvalue weighted by Crippen LogP contribution is 2.48. The largest absolute Gasteiger partial charge is 0.487 e. The molecule has 1 atom stereocenters. The van der Waals surface area contributed by atoms with Gasteiger partial charge in [-0.15, -0.1) is 0 Å². The smallest absolute Gasteiger partial charge is 0.328 e. The predicted molar refractivity (Wildman–Crippen MR) is 65.4 cm³/mol. The Kier molecular flexibility index (Phi) is 2.25. The number of nitrogens with two attached hydrogens (primary N) is 1. The van der Waals surface area contributed by atoms with Crippen molar-refractivity contribution in [3.63, 3.8) is 0 Å². The van der Waals surface area contributed by atoms with Crippen LogP contribution in [-0.2, 0) is 10.3 Å². The zero-order chi connectivity index (χ0) is 13.8. The minimum atomic E-state index is -1.49. The molecule has 2 heterocycles. The van der Waals surface area contributed by atoms with Crippen molar-refractivity contribution in [3.8, 4) is 17.2 Å². The molecule has 0 fully saturated rings. The van der Waals surface area contributed by atoms with Gasteiger partial charge in [-0.1, -0.05) is 0 Å². The third-order valence-electron chi connectivity index (χ3n) is 3.43. The van der Waals surface area contributed by atoms with E-state index in [1.54, 1.807) is 12.1 Å². The second-order valence-electron chi connectivity index (χ2n) is 5.52. The van der Waals surface area contributed by atoms with E-state index in [0.717, 1.165) is 0 Å². The monoisotopic (exact) mass is 265 g/mol. The van der Waals surface area contributed by atoms with E-state index < -0.39 is 17.1 Å². The van der Waals surface area contributed by atoms with E-state index in [9.17, 15) is 9.90 Å². The van der Waals surface area contributed by atoms with Gasteiger partial charge in [0.05, 0.1) is 0 Å². The van der Waals surface area contributed by atoms with Crippen LogP contribution in [0.4, 0.5) is 0 Å². The molecule has 6 nitrogen and oxygen atoms in total. The van der Waals surface area contributed by atoms with E-state index in [0.29, 0.717) is 22.8 Å². The maximum Gasteiger partial charge on any atom is 0.328 e. The van der Waals surface area contributed by atoms with E-state index in [1.165, 1.54) is 0 Å². The van der Waals surface area contributed by atoms with Crippen LogP contribution in [0.15, 0.2) is 12.1 Å². The number of hydrogen-bond acceptors (Lipinski definition) is 5. The van der Waals surface area contributed by atoms with Crippen molar-refractivity contribution in [1.82, 2.24) is 0 Å². The van der Waals surface area contributed by atoms with Crippen LogP contribution in [0.5, 0.6) is 17.2 Å². The SMILES string of the molecule is CC1(C)CC(N)(C(=O)O)c2cc3c(cc2O1)OCO3. The molecule has 0 saturated heterocycles. The van der Waals surface area contributed by atoms with Gasteiger partial charge in [-0.3, -0.25) is 0 Å². The van der Waals surface area contributed by atoms with E-state index in [1.807, 2.05) is 13.8 Å². The van der Waals surface area contributed by atoms with Crippen LogP contribution in [0.3, 0.4) is 0 Å². The molecule has 0 amide bonds. The summed E-state index contributed by atoms with van der Waals surface area (Å²) in [6, 6.07) is 3.24. The number of carboxylic acids is 1. The second-order valence-corrected chi connectivity index (χ2v) is 5.52. The van der Waals surface area contributed by atoms with Gasteiger partial charge in [0.2, 0.25) is 6.79 Å². The topological polar surface area (TPSA) is 91.0 Å². The van der Waals surface area contributed by atoms with E-state index in [4.69, 9.17) is 19.9 Å². The molecule has 102 valence electrons. The molecule has 2 aliphatic heterocycles. The minimum Gasteiger partial charge on any atom is -0.487 e. The molecule has 19 heavy (non-hydrogen) atoms. The van der Waals surface area contributed by atoms with Crippen molar-refractivity contribution in [2.45, 2.75) is 31.4 Å². The first kappa shape index (κ1) is 12.1. The molecule has 3 rings (SSSR count). The highest BCUT2D eigenvalue weighted by Gasteiger charge is 2.49. The standard InChI is InChI=1S/C13H15NO5/c1-12(2)5-13(14,11(15)16)7-3-9-10(18-6-17-9)4-8(7)19-12/h3-4H,5-6,14H2,1-2H3,(H,15,16). The fraction of sp³-hybridized carbons (Fsp3) is 0.462. The van der Waals surface area contributed by atoms with Crippen LogP contribution < -0.4 is 19.9 Å². The van der Waals surface area contributed by atoms with Gasteiger partial charge in [-0.25, -0.2) is 4.79 Å². The van der Waals surface area contributed by atoms with Crippen LogP contribution >= 0.6 is 0 Å². The lowest BCUT2D eigenvalue weighted by Gasteiger charge is -2.41. The molecular formula is C13H15NO5. The van der Waals surface area contributed by atoms with Gasteiger partial charge in [0, 0.05) is 18.1 Å². The molecule has 0 saturated carbocycles. The zero-order valence-corrected chi connectivity index (χ0v) is 10.7. The highest BCUT2D eigenvalue weighted by molar-refractivity contribution is 5.83. The summed E-state index contributed by atoms with van der Waals surface area (Å²) in [5, 5.41) is 9.47. The van der Waals surface area contributed by atoms with Gasteiger partial charge in [0.25, 0.3) is 0 Å². The van der Waals surface area contributed by atoms with Crippen molar-refractivity contribution in [1.29, 1.82) is 0 Å². The predicted octanol–water partition coefficient (Wildman–Crippen LogP) is 1.22. The normalized spacial score (nSPS) is 26.5. The lowest BCUT2D eigenvalue weighted by Crippen LogP contribution is -2.54. The molecule has 1 unspecified atom stereocenters. The number of fused-ring (bicyclic) bond motifs is 2. The third-order valence-corrected chi connectivity index (χ3v) is 3.43. The van der Waals surface area contributed by atoms with Crippen LogP contribution in [0, 0.1) is 0 Å². The van der Waals surface area contributed by atoms with Gasteiger partial charge in [0.15, 0.2) is 11.5 Å². The van der Waals surface area contributed by atoms with Gasteiger partial charge >= 0.3 is 5.97 Å². The number of carboxylic acid groups (broad SMARTS) is 1. The Morgan fingerprint density at radius 3 is 2.53 bits per heavy atom. The summed E-state index contributed by atoms with van der Waals surface area (Å²) in [4.78, 5) is 11.6. The number of benzene rings is 1. The number of aliphatic carboxylic acids is 1. The van der Waals surface area contributed by atoms with Crippen LogP contribution in [0.25, 0.3) is 0 Å². The third kappa shape index (κ3) is 1.71. The summed E-state index contributed by atoms with van der Waals surface area (Å²) in [5.41, 5.74) is 4.38. The summed E-state index contributed by atoms with van der Waals surface area (Å²) in [5.74, 6) is 0.400. The first-order valence-electron chi connectivity index (χ1n) is 5.97. The first-order valence-corrected chi connectivity index (χ1v) is 5.97. The van der Waals surface area contributed by atoms with E-state index in [-0.39, 0.29) is 13.2 Å². The molecule has 3 N–H and O–H groups in total. The van der Waals surface area contributed by atoms with Gasteiger partial charge in [-0.2, -0.15) is 0 Å². The quantitative estimate of drug-likeness (QED) is 0.793. The highest BCUT2D eigenvalue weighted by atomic mass is 16.7. The molecule has 0 spiro atoms. The van der Waals surface area contributed by atoms with E-state index in [2.05, 4.69) is 0 Å². The second kappa shape index (κ2) is 3.54. The molecule has 0 radical (unpaired) electrons. The Bertz CT molecular complexity index is 568. The Labute approximate surface area is 110 Å². The Morgan fingerprint density at radius 2 is 1.89 bits per heavy atom. The van der Waals surface area contributed by atoms with E-state index >= 15 is 0 Å². The fourth-order valence-corrected chi connectivity index (χ4v) is 2.65. The maximum atomic E-state index is 11.6. The average molecular weight is 265 g/mol. The first-order chi connectivity index (χ1) is 8.82. The Balaban J connectivity index is 2.20. The Hall–Kier alpha value is -1.95. The van der Waals surface area contributed by atoms with Crippen molar-refractivity contribution in [3.05, 3.63) is 17.7 Å². The molecule has 1 aromatic rings. The number of ether oxygens (including phenoxy) is 3. The summed E-state index contributed by atoms with van der Waals surface area (Å²) >= 11 is 0. The maximum absolute atomic E-state index is 11.6. The molecule has 6 heteroatoms. The number of rotatable bonds is 1. The van der Waals surface area contributed by atoms with Crippen LogP contribution in [-0.4, -0.2) is 23.5 Å². The number of carbonyl (C=O) groups is 1. The molecular weight excluding hydrogens is 250 g/mol. The Morgan fingerprint density at radius 1 is 1.26 bits per heavy atom. The van der Waals surface area contributed by atoms with Crippen molar-refractivity contribution in [2.75, 3.05) is 6.79 Å². The van der Waals surface area contributed by atoms with Gasteiger partial charge in [-0.05, 0) is 19.9 Å². The average Bonchev–Trinajstić information content (AvgIpc) is 2.72. The minimum absolute atomic E-state index is 0.117. The molecule has 0 bridgehead atoms. The lowest BCUT2D eigenvalue weighted by atomic mass is 9.78. The van der Waals surface area contributed by atoms with Crippen molar-refractivity contribution >= 4 is 5.97 Å². The molecule has 1 aromatic carbocycles. The molecule has 0 aliphatic carbocycles. The van der Waals surface area contributed by atoms with Crippen LogP contribution in [0.2, 0.25) is 0 Å². The van der Waals surface area contributed by atoms with Gasteiger partial charge in [0.1, 0.15) is 16.9 Å². The lowest BCUT2D eigenvalue weighted by molar-refractivity contribution is -0.147. The van der Waals surface area contributed by atoms with Gasteiger partial charge < -0.3 is 25.1 Å². The fourth-order valence-electron chi connectivity index (χ4n) is 2.65. The summed E-state index contributed by atoms with van der Waals surface area (Å²) in [7, 11) is 0. The summed E-state index contributed by atoms with van der Waals surface area (Å²) < 4.78 is 16.3. The molecule has 0 aromatic heterocycles. The van der Waals surface area contributed by atoms with Crippen molar-refractivity contribution in [2.24, 2.45) is 5.73 Å². The van der Waals surface area contributed by atoms with Crippen molar-refractivity contribution < 1.29 is 24.1 Å². The summed E-state index contributed by atoms with van der Waals surface area (Å²) in [6.45, 7) is 3.74. The van der Waals surface area contributed by atoms with Crippen LogP contribution in [0.1, 0.15) is 25.8 Å². The molecule has 2 aliphatic rings.